The molecule has 2 N–H and O–H groups in total. The molecule has 3 nitrogen and oxygen atoms in total. The average molecular weight is 294 g/mol. The zero-order valence-electron chi connectivity index (χ0n) is 13.7. The Kier molecular flexibility index (Phi) is 7.41. The molecule has 0 bridgehead atoms. The van der Waals surface area contributed by atoms with Gasteiger partial charge in [-0.1, -0.05) is 52.5 Å². The topological polar surface area (TPSA) is 49.7 Å². The van der Waals surface area contributed by atoms with Crippen molar-refractivity contribution in [2.45, 2.75) is 77.7 Å². The molecule has 1 aromatic carbocycles. The molecular weight excluding hydrogens is 264 g/mol. The second kappa shape index (κ2) is 8.81. The minimum Gasteiger partial charge on any atom is -0.504 e. The lowest BCUT2D eigenvalue weighted by Gasteiger charge is -2.35. The largest absolute Gasteiger partial charge is 0.504 e. The van der Waals surface area contributed by atoms with E-state index in [1.54, 1.807) is 12.1 Å². The first-order valence-electron chi connectivity index (χ1n) is 8.28. The summed E-state index contributed by atoms with van der Waals surface area (Å²) in [5.74, 6) is 0.126. The van der Waals surface area contributed by atoms with Crippen LogP contribution in [0.15, 0.2) is 18.2 Å². The summed E-state index contributed by atoms with van der Waals surface area (Å²) >= 11 is 0. The highest BCUT2D eigenvalue weighted by Gasteiger charge is 2.31. The Morgan fingerprint density at radius 2 is 1.57 bits per heavy atom. The van der Waals surface area contributed by atoms with Gasteiger partial charge >= 0.3 is 0 Å². The number of benzene rings is 1. The summed E-state index contributed by atoms with van der Waals surface area (Å²) in [7, 11) is 0. The highest BCUT2D eigenvalue weighted by Crippen LogP contribution is 2.40. The number of hydrogen-bond acceptors (Lipinski definition) is 3. The summed E-state index contributed by atoms with van der Waals surface area (Å²) in [4.78, 5) is 0. The van der Waals surface area contributed by atoms with Gasteiger partial charge in [0.2, 0.25) is 5.75 Å². The number of rotatable bonds is 10. The molecule has 0 heterocycles. The third-order valence-electron chi connectivity index (χ3n) is 3.95. The molecule has 0 amide bonds. The Balaban J connectivity index is 2.95. The zero-order chi connectivity index (χ0) is 15.7. The number of hydrogen-bond donors (Lipinski definition) is 2. The van der Waals surface area contributed by atoms with E-state index in [9.17, 15) is 10.2 Å². The molecule has 0 aliphatic carbocycles. The van der Waals surface area contributed by atoms with E-state index in [-0.39, 0.29) is 17.1 Å². The van der Waals surface area contributed by atoms with E-state index >= 15 is 0 Å². The van der Waals surface area contributed by atoms with Gasteiger partial charge in [-0.15, -0.1) is 0 Å². The van der Waals surface area contributed by atoms with Crippen LogP contribution in [0.2, 0.25) is 0 Å². The molecule has 0 spiro atoms. The summed E-state index contributed by atoms with van der Waals surface area (Å²) in [6.45, 7) is 6.52. The lowest BCUT2D eigenvalue weighted by atomic mass is 9.86. The van der Waals surface area contributed by atoms with Crippen LogP contribution in [0, 0.1) is 0 Å². The maximum absolute atomic E-state index is 9.99. The van der Waals surface area contributed by atoms with E-state index in [0.29, 0.717) is 5.75 Å². The molecule has 0 atom stereocenters. The van der Waals surface area contributed by atoms with E-state index in [0.717, 1.165) is 38.5 Å². The number of para-hydroxylation sites is 1. The molecule has 0 fully saturated rings. The SMILES string of the molecule is CCCCCC(CCC)(CCC)Oc1cccc(O)c1O. The molecule has 0 aliphatic rings. The molecule has 3 heteroatoms. The van der Waals surface area contributed by atoms with Gasteiger partial charge in [0.1, 0.15) is 5.60 Å². The normalized spacial score (nSPS) is 11.6. The van der Waals surface area contributed by atoms with Crippen molar-refractivity contribution in [1.82, 2.24) is 0 Å². The fourth-order valence-electron chi connectivity index (χ4n) is 2.96. The number of phenols is 2. The lowest BCUT2D eigenvalue weighted by molar-refractivity contribution is 0.0343. The van der Waals surface area contributed by atoms with Crippen molar-refractivity contribution in [2.24, 2.45) is 0 Å². The predicted molar refractivity (Wildman–Crippen MR) is 87.1 cm³/mol. The Hall–Kier alpha value is -1.38. The summed E-state index contributed by atoms with van der Waals surface area (Å²) in [5, 5.41) is 19.6. The summed E-state index contributed by atoms with van der Waals surface area (Å²) in [6.07, 6.45) is 8.56. The van der Waals surface area contributed by atoms with Gasteiger partial charge in [0.25, 0.3) is 0 Å². The molecule has 1 rings (SSSR count). The molecule has 120 valence electrons. The number of aromatic hydroxyl groups is 2. The maximum atomic E-state index is 9.99. The minimum atomic E-state index is -0.232. The van der Waals surface area contributed by atoms with Crippen molar-refractivity contribution in [3.05, 3.63) is 18.2 Å². The van der Waals surface area contributed by atoms with Crippen molar-refractivity contribution in [3.8, 4) is 17.2 Å². The van der Waals surface area contributed by atoms with Crippen LogP contribution in [0.5, 0.6) is 17.2 Å². The third-order valence-corrected chi connectivity index (χ3v) is 3.95. The van der Waals surface area contributed by atoms with E-state index < -0.39 is 0 Å². The number of phenolic OH excluding ortho intramolecular Hbond substituents is 2. The van der Waals surface area contributed by atoms with Gasteiger partial charge in [0.05, 0.1) is 0 Å². The highest BCUT2D eigenvalue weighted by molar-refractivity contribution is 5.49. The first-order chi connectivity index (χ1) is 10.1. The minimum absolute atomic E-state index is 0.122. The fourth-order valence-corrected chi connectivity index (χ4v) is 2.96. The van der Waals surface area contributed by atoms with E-state index in [1.807, 2.05) is 0 Å². The Morgan fingerprint density at radius 1 is 0.905 bits per heavy atom. The first kappa shape index (κ1) is 17.7. The van der Waals surface area contributed by atoms with Gasteiger partial charge in [-0.25, -0.2) is 0 Å². The molecule has 0 aromatic heterocycles. The second-order valence-corrected chi connectivity index (χ2v) is 5.87. The van der Waals surface area contributed by atoms with Gasteiger partial charge < -0.3 is 14.9 Å². The van der Waals surface area contributed by atoms with Crippen LogP contribution in [0.4, 0.5) is 0 Å². The molecule has 0 saturated heterocycles. The van der Waals surface area contributed by atoms with Crippen LogP contribution < -0.4 is 4.74 Å². The fraction of sp³-hybridized carbons (Fsp3) is 0.667. The van der Waals surface area contributed by atoms with Crippen molar-refractivity contribution in [2.75, 3.05) is 0 Å². The molecule has 1 aromatic rings. The average Bonchev–Trinajstić information content (AvgIpc) is 2.45. The zero-order valence-corrected chi connectivity index (χ0v) is 13.7. The van der Waals surface area contributed by atoms with Gasteiger partial charge in [-0.2, -0.15) is 0 Å². The Labute approximate surface area is 129 Å². The molecule has 0 saturated carbocycles. The quantitative estimate of drug-likeness (QED) is 0.449. The third kappa shape index (κ3) is 5.14. The summed E-state index contributed by atoms with van der Waals surface area (Å²) in [5.41, 5.74) is -0.232. The van der Waals surface area contributed by atoms with E-state index in [1.165, 1.54) is 18.9 Å². The van der Waals surface area contributed by atoms with E-state index in [2.05, 4.69) is 20.8 Å². The lowest BCUT2D eigenvalue weighted by Crippen LogP contribution is -2.36. The summed E-state index contributed by atoms with van der Waals surface area (Å²) < 4.78 is 6.23. The molecule has 0 radical (unpaired) electrons. The van der Waals surface area contributed by atoms with Crippen LogP contribution in [-0.4, -0.2) is 15.8 Å². The van der Waals surface area contributed by atoms with Crippen molar-refractivity contribution in [1.29, 1.82) is 0 Å². The van der Waals surface area contributed by atoms with Crippen LogP contribution in [-0.2, 0) is 0 Å². The van der Waals surface area contributed by atoms with Gasteiger partial charge in [-0.05, 0) is 37.8 Å². The van der Waals surface area contributed by atoms with Crippen LogP contribution in [0.3, 0.4) is 0 Å². The standard InChI is InChI=1S/C18H30O3/c1-4-7-8-14-18(12-5-2,13-6-3)21-16-11-9-10-15(19)17(16)20/h9-11,19-20H,4-8,12-14H2,1-3H3. The highest BCUT2D eigenvalue weighted by atomic mass is 16.5. The number of ether oxygens (including phenoxy) is 1. The summed E-state index contributed by atoms with van der Waals surface area (Å²) in [6, 6.07) is 4.91. The Bertz CT molecular complexity index is 409. The van der Waals surface area contributed by atoms with Gasteiger partial charge in [0, 0.05) is 0 Å². The van der Waals surface area contributed by atoms with Gasteiger partial charge in [-0.3, -0.25) is 0 Å². The maximum Gasteiger partial charge on any atom is 0.200 e. The molecule has 0 aliphatic heterocycles. The van der Waals surface area contributed by atoms with E-state index in [4.69, 9.17) is 4.74 Å². The first-order valence-corrected chi connectivity index (χ1v) is 8.28. The van der Waals surface area contributed by atoms with Crippen LogP contribution in [0.1, 0.15) is 72.1 Å². The smallest absolute Gasteiger partial charge is 0.200 e. The molecule has 21 heavy (non-hydrogen) atoms. The second-order valence-electron chi connectivity index (χ2n) is 5.87. The van der Waals surface area contributed by atoms with Crippen LogP contribution in [0.25, 0.3) is 0 Å². The molecular formula is C18H30O3. The molecule has 0 unspecified atom stereocenters. The monoisotopic (exact) mass is 294 g/mol. The predicted octanol–water partition coefficient (Wildman–Crippen LogP) is 5.40. The van der Waals surface area contributed by atoms with Crippen molar-refractivity contribution < 1.29 is 14.9 Å². The van der Waals surface area contributed by atoms with Crippen molar-refractivity contribution in [3.63, 3.8) is 0 Å². The van der Waals surface area contributed by atoms with Crippen LogP contribution >= 0.6 is 0 Å². The number of unbranched alkanes of at least 4 members (excludes halogenated alkanes) is 2. The van der Waals surface area contributed by atoms with Gasteiger partial charge in [0.15, 0.2) is 11.5 Å². The van der Waals surface area contributed by atoms with Crippen molar-refractivity contribution >= 4 is 0 Å². The Morgan fingerprint density at radius 3 is 2.14 bits per heavy atom.